The molecule has 0 aromatic heterocycles. The number of hydrogen-bond donors (Lipinski definition) is 0. The Hall–Kier alpha value is -0.210. The zero-order chi connectivity index (χ0) is 22.4. The van der Waals surface area contributed by atoms with Gasteiger partial charge in [0, 0.05) is 10.9 Å². The first-order valence-corrected chi connectivity index (χ1v) is 15.1. The number of methoxy groups -OCH3 is 1. The van der Waals surface area contributed by atoms with E-state index in [2.05, 4.69) is 39.6 Å². The van der Waals surface area contributed by atoms with Gasteiger partial charge in [0.25, 0.3) is 0 Å². The molecule has 0 bridgehead atoms. The molecule has 0 heterocycles. The van der Waals surface area contributed by atoms with Crippen molar-refractivity contribution < 1.29 is 19.0 Å². The van der Waals surface area contributed by atoms with Crippen molar-refractivity contribution in [2.75, 3.05) is 31.8 Å². The van der Waals surface area contributed by atoms with E-state index in [1.165, 1.54) is 76.0 Å². The summed E-state index contributed by atoms with van der Waals surface area (Å²) in [5.41, 5.74) is 0. The fourth-order valence-electron chi connectivity index (χ4n) is 3.94. The molecule has 5 heteroatoms. The van der Waals surface area contributed by atoms with Crippen molar-refractivity contribution in [2.45, 2.75) is 118 Å². The van der Waals surface area contributed by atoms with E-state index in [9.17, 15) is 9.32 Å². The second-order valence-corrected chi connectivity index (χ2v) is 13.6. The van der Waals surface area contributed by atoms with Crippen LogP contribution in [0.25, 0.3) is 0 Å². The summed E-state index contributed by atoms with van der Waals surface area (Å²) in [5, 5.41) is 0. The fourth-order valence-corrected chi connectivity index (χ4v) is 10.0. The molecule has 0 amide bonds. The van der Waals surface area contributed by atoms with Crippen molar-refractivity contribution in [1.82, 2.24) is 0 Å². The molecule has 0 spiro atoms. The number of carbonyl (C=O) groups is 1. The van der Waals surface area contributed by atoms with Crippen LogP contribution in [0.5, 0.6) is 0 Å². The summed E-state index contributed by atoms with van der Waals surface area (Å²) in [4.78, 5) is 13.3. The van der Waals surface area contributed by atoms with Gasteiger partial charge in [0.1, 0.15) is 0 Å². The van der Waals surface area contributed by atoms with Crippen LogP contribution in [0, 0.1) is 0 Å². The van der Waals surface area contributed by atoms with Gasteiger partial charge in [0.15, 0.2) is 0 Å². The zero-order valence-corrected chi connectivity index (χ0v) is 21.5. The van der Waals surface area contributed by atoms with Crippen molar-refractivity contribution in [3.8, 4) is 0 Å². The summed E-state index contributed by atoms with van der Waals surface area (Å²) in [6.45, 7) is 11.4. The molecule has 0 fully saturated rings. The Morgan fingerprint density at radius 2 is 1.24 bits per heavy atom. The fraction of sp³-hybridized carbons (Fsp3) is 0.958. The van der Waals surface area contributed by atoms with Crippen molar-refractivity contribution in [1.29, 1.82) is 0 Å². The molecule has 29 heavy (non-hydrogen) atoms. The third-order valence-electron chi connectivity index (χ3n) is 5.88. The topological polar surface area (TPSA) is 35.5 Å². The van der Waals surface area contributed by atoms with Crippen LogP contribution in [-0.4, -0.2) is 43.8 Å². The van der Waals surface area contributed by atoms with Crippen LogP contribution in [-0.2, 0) is 14.5 Å². The second kappa shape index (κ2) is 22.5. The molecule has 0 saturated heterocycles. The monoisotopic (exact) mass is 438 g/mol. The van der Waals surface area contributed by atoms with E-state index >= 15 is 0 Å². The molecular formula is C24H52FO3P. The van der Waals surface area contributed by atoms with E-state index in [4.69, 9.17) is 4.74 Å². The molecular weight excluding hydrogens is 386 g/mol. The molecule has 0 aliphatic carbocycles. The number of halogens is 1. The molecule has 0 aliphatic heterocycles. The SMILES string of the molecule is CCCCCCCC(=O)OF.CCCC[PH](CCCC)(CCCC)CC(C)OC. The van der Waals surface area contributed by atoms with E-state index in [0.717, 1.165) is 19.3 Å². The van der Waals surface area contributed by atoms with Crippen molar-refractivity contribution in [2.24, 2.45) is 0 Å². The Morgan fingerprint density at radius 1 is 0.793 bits per heavy atom. The quantitative estimate of drug-likeness (QED) is 0.161. The minimum absolute atomic E-state index is 0.209. The maximum absolute atomic E-state index is 11.1. The van der Waals surface area contributed by atoms with Gasteiger partial charge in [0.05, 0.1) is 0 Å². The second-order valence-electron chi connectivity index (χ2n) is 8.67. The van der Waals surface area contributed by atoms with Crippen molar-refractivity contribution in [3.63, 3.8) is 0 Å². The summed E-state index contributed by atoms with van der Waals surface area (Å²) in [5.74, 6) is -0.749. The molecule has 0 N–H and O–H groups in total. The van der Waals surface area contributed by atoms with Gasteiger partial charge >= 0.3 is 122 Å². The summed E-state index contributed by atoms with van der Waals surface area (Å²) >= 11 is 0. The van der Waals surface area contributed by atoms with Gasteiger partial charge in [-0.1, -0.05) is 32.6 Å². The summed E-state index contributed by atoms with van der Waals surface area (Å²) in [6.07, 6.45) is 20.3. The third kappa shape index (κ3) is 19.5. The first-order valence-electron chi connectivity index (χ1n) is 12.3. The number of ether oxygens (including phenoxy) is 1. The third-order valence-corrected chi connectivity index (χ3v) is 11.6. The van der Waals surface area contributed by atoms with E-state index in [-0.39, 0.29) is 6.42 Å². The van der Waals surface area contributed by atoms with E-state index in [1.807, 2.05) is 7.11 Å². The normalized spacial score (nSPS) is 12.8. The van der Waals surface area contributed by atoms with Crippen LogP contribution in [0.4, 0.5) is 4.53 Å². The van der Waals surface area contributed by atoms with Crippen LogP contribution in [0.15, 0.2) is 0 Å². The minimum atomic E-state index is -1.07. The van der Waals surface area contributed by atoms with E-state index in [0.29, 0.717) is 6.10 Å². The standard InChI is InChI=1S/C16H37OP.C8H15FO2/c1-6-9-12-18(13-10-7-2,14-11-8-3)15-16(4)17-5;1-2-3-4-5-6-7-8(10)11-9/h16,18H,6-15H2,1-5H3;2-7H2,1H3. The van der Waals surface area contributed by atoms with Crippen LogP contribution in [0.2, 0.25) is 0 Å². The zero-order valence-electron chi connectivity index (χ0n) is 20.5. The number of rotatable bonds is 18. The average Bonchev–Trinajstić information content (AvgIpc) is 2.74. The van der Waals surface area contributed by atoms with Crippen LogP contribution < -0.4 is 0 Å². The molecule has 3 nitrogen and oxygen atoms in total. The predicted molar refractivity (Wildman–Crippen MR) is 130 cm³/mol. The summed E-state index contributed by atoms with van der Waals surface area (Å²) in [7, 11) is 0.811. The van der Waals surface area contributed by atoms with Crippen LogP contribution >= 0.6 is 7.26 Å². The number of hydrogen-bond acceptors (Lipinski definition) is 3. The Bertz CT molecular complexity index is 331. The maximum atomic E-state index is 11.1. The first-order chi connectivity index (χ1) is 13.9. The van der Waals surface area contributed by atoms with Crippen LogP contribution in [0.1, 0.15) is 112 Å². The number of carbonyl (C=O) groups excluding carboxylic acids is 1. The predicted octanol–water partition coefficient (Wildman–Crippen LogP) is 7.95. The molecule has 178 valence electrons. The van der Waals surface area contributed by atoms with Crippen molar-refractivity contribution >= 4 is 13.2 Å². The molecule has 0 aliphatic rings. The molecule has 0 aromatic rings. The van der Waals surface area contributed by atoms with Gasteiger partial charge in [-0.2, -0.15) is 0 Å². The Labute approximate surface area is 182 Å². The summed E-state index contributed by atoms with van der Waals surface area (Å²) < 4.78 is 16.7. The van der Waals surface area contributed by atoms with Gasteiger partial charge < -0.3 is 0 Å². The molecule has 1 unspecified atom stereocenters. The van der Waals surface area contributed by atoms with Gasteiger partial charge in [-0.3, -0.25) is 4.94 Å². The first kappa shape index (κ1) is 31.0. The molecule has 0 saturated carbocycles. The molecule has 0 rings (SSSR count). The Kier molecular flexibility index (Phi) is 24.0. The van der Waals surface area contributed by atoms with Gasteiger partial charge in [-0.05, 0) is 6.42 Å². The van der Waals surface area contributed by atoms with Gasteiger partial charge in [-0.15, -0.1) is 0 Å². The number of unbranched alkanes of at least 4 members (excludes halogenated alkanes) is 7. The molecule has 0 aromatic carbocycles. The average molecular weight is 439 g/mol. The van der Waals surface area contributed by atoms with Crippen LogP contribution in [0.3, 0.4) is 0 Å². The van der Waals surface area contributed by atoms with Crippen molar-refractivity contribution in [3.05, 3.63) is 0 Å². The van der Waals surface area contributed by atoms with Gasteiger partial charge in [-0.25, -0.2) is 4.79 Å². The molecule has 1 atom stereocenters. The van der Waals surface area contributed by atoms with E-state index in [1.54, 1.807) is 0 Å². The Morgan fingerprint density at radius 3 is 1.62 bits per heavy atom. The summed E-state index contributed by atoms with van der Waals surface area (Å²) in [6, 6.07) is 0. The Balaban J connectivity index is 0. The molecule has 0 radical (unpaired) electrons. The van der Waals surface area contributed by atoms with E-state index < -0.39 is 13.2 Å². The van der Waals surface area contributed by atoms with Gasteiger partial charge in [0.2, 0.25) is 0 Å².